The summed E-state index contributed by atoms with van der Waals surface area (Å²) in [6.07, 6.45) is 0.825. The average Bonchev–Trinajstić information content (AvgIpc) is 2.93. The zero-order valence-electron chi connectivity index (χ0n) is 14.6. The Hall–Kier alpha value is -2.82. The molecule has 1 aliphatic heterocycles. The van der Waals surface area contributed by atoms with Gasteiger partial charge in [-0.25, -0.2) is 4.79 Å². The minimum absolute atomic E-state index is 0.0406. The van der Waals surface area contributed by atoms with Gasteiger partial charge in [0.25, 0.3) is 5.91 Å². The second-order valence-corrected chi connectivity index (χ2v) is 7.32. The molecule has 25 heavy (non-hydrogen) atoms. The molecular formula is C20H20N2O3. The van der Waals surface area contributed by atoms with Gasteiger partial charge in [-0.1, -0.05) is 18.2 Å². The van der Waals surface area contributed by atoms with Crippen molar-refractivity contribution < 1.29 is 9.21 Å². The first-order chi connectivity index (χ1) is 11.8. The lowest BCUT2D eigenvalue weighted by atomic mass is 9.83. The Bertz CT molecular complexity index is 1040. The van der Waals surface area contributed by atoms with Crippen LogP contribution in [0.15, 0.2) is 45.6 Å². The van der Waals surface area contributed by atoms with Gasteiger partial charge in [0, 0.05) is 17.6 Å². The monoisotopic (exact) mass is 336 g/mol. The minimum atomic E-state index is -0.512. The number of nitrogens with zero attached hydrogens (tertiary/aromatic N) is 1. The van der Waals surface area contributed by atoms with Crippen molar-refractivity contribution in [3.05, 3.63) is 69.2 Å². The van der Waals surface area contributed by atoms with Gasteiger partial charge < -0.3 is 9.32 Å². The van der Waals surface area contributed by atoms with Crippen LogP contribution in [0.5, 0.6) is 0 Å². The molecule has 0 spiro atoms. The van der Waals surface area contributed by atoms with Crippen LogP contribution in [0.3, 0.4) is 0 Å². The van der Waals surface area contributed by atoms with E-state index in [1.165, 1.54) is 16.7 Å². The van der Waals surface area contributed by atoms with Crippen LogP contribution < -0.4 is 5.76 Å². The number of benzene rings is 2. The third-order valence-corrected chi connectivity index (χ3v) is 5.09. The molecule has 5 heteroatoms. The van der Waals surface area contributed by atoms with E-state index >= 15 is 0 Å². The molecule has 0 aliphatic carbocycles. The maximum absolute atomic E-state index is 13.2. The zero-order chi connectivity index (χ0) is 17.8. The van der Waals surface area contributed by atoms with Crippen molar-refractivity contribution in [1.29, 1.82) is 0 Å². The number of fused-ring (bicyclic) bond motifs is 2. The molecule has 0 saturated carbocycles. The molecule has 1 amide bonds. The Kier molecular flexibility index (Phi) is 3.35. The summed E-state index contributed by atoms with van der Waals surface area (Å²) in [5.41, 5.74) is 5.08. The number of aromatic amines is 1. The fourth-order valence-corrected chi connectivity index (χ4v) is 3.66. The molecule has 0 fully saturated rings. The second kappa shape index (κ2) is 5.34. The Labute approximate surface area is 145 Å². The van der Waals surface area contributed by atoms with Crippen molar-refractivity contribution in [3.63, 3.8) is 0 Å². The molecule has 0 atom stereocenters. The van der Waals surface area contributed by atoms with Gasteiger partial charge in [-0.3, -0.25) is 9.78 Å². The van der Waals surface area contributed by atoms with Gasteiger partial charge in [0.05, 0.1) is 5.52 Å². The second-order valence-electron chi connectivity index (χ2n) is 7.32. The summed E-state index contributed by atoms with van der Waals surface area (Å²) in [5, 5.41) is 0. The van der Waals surface area contributed by atoms with Gasteiger partial charge in [-0.15, -0.1) is 0 Å². The summed E-state index contributed by atoms with van der Waals surface area (Å²) in [6.45, 7) is 6.90. The summed E-state index contributed by atoms with van der Waals surface area (Å²) in [5.74, 6) is -0.552. The quantitative estimate of drug-likeness (QED) is 0.740. The maximum Gasteiger partial charge on any atom is 0.417 e. The number of carbonyl (C=O) groups excluding carboxylic acids is 1. The van der Waals surface area contributed by atoms with Crippen LogP contribution in [0.4, 0.5) is 0 Å². The molecule has 1 N–H and O–H groups in total. The normalized spacial score (nSPS) is 16.0. The predicted octanol–water partition coefficient (Wildman–Crippen LogP) is 3.41. The summed E-state index contributed by atoms with van der Waals surface area (Å²) in [6, 6.07) is 11.3. The van der Waals surface area contributed by atoms with E-state index in [9.17, 15) is 9.59 Å². The molecule has 0 unspecified atom stereocenters. The Balaban J connectivity index is 1.74. The zero-order valence-corrected chi connectivity index (χ0v) is 14.6. The van der Waals surface area contributed by atoms with Gasteiger partial charge in [0.15, 0.2) is 5.58 Å². The van der Waals surface area contributed by atoms with Crippen LogP contribution >= 0.6 is 0 Å². The Morgan fingerprint density at radius 2 is 2.04 bits per heavy atom. The number of amides is 1. The number of hydrogen-bond acceptors (Lipinski definition) is 3. The molecule has 1 aromatic heterocycles. The number of nitrogens with one attached hydrogen (secondary N) is 1. The highest BCUT2D eigenvalue weighted by Gasteiger charge is 2.36. The smallest absolute Gasteiger partial charge is 0.408 e. The Morgan fingerprint density at radius 3 is 2.84 bits per heavy atom. The fourth-order valence-electron chi connectivity index (χ4n) is 3.66. The lowest BCUT2D eigenvalue weighted by Crippen LogP contribution is -2.51. The highest BCUT2D eigenvalue weighted by molar-refractivity contribution is 5.97. The van der Waals surface area contributed by atoms with Crippen molar-refractivity contribution >= 4 is 17.0 Å². The molecular weight excluding hydrogens is 316 g/mol. The van der Waals surface area contributed by atoms with Crippen LogP contribution in [0.1, 0.15) is 40.9 Å². The van der Waals surface area contributed by atoms with E-state index in [0.717, 1.165) is 6.42 Å². The van der Waals surface area contributed by atoms with Crippen molar-refractivity contribution in [2.75, 3.05) is 0 Å². The fraction of sp³-hybridized carbons (Fsp3) is 0.300. The summed E-state index contributed by atoms with van der Waals surface area (Å²) >= 11 is 0. The molecule has 0 saturated heterocycles. The van der Waals surface area contributed by atoms with E-state index < -0.39 is 5.76 Å². The molecule has 128 valence electrons. The molecule has 1 aliphatic rings. The van der Waals surface area contributed by atoms with Crippen molar-refractivity contribution in [2.45, 2.75) is 39.3 Å². The van der Waals surface area contributed by atoms with Crippen molar-refractivity contribution in [3.8, 4) is 0 Å². The highest BCUT2D eigenvalue weighted by atomic mass is 16.4. The van der Waals surface area contributed by atoms with Crippen LogP contribution in [0, 0.1) is 6.92 Å². The topological polar surface area (TPSA) is 66.3 Å². The maximum atomic E-state index is 13.2. The molecule has 5 nitrogen and oxygen atoms in total. The molecule has 2 aromatic carbocycles. The number of carbonyl (C=O) groups is 1. The first-order valence-electron chi connectivity index (χ1n) is 8.37. The third kappa shape index (κ3) is 2.56. The van der Waals surface area contributed by atoms with E-state index in [-0.39, 0.29) is 11.4 Å². The summed E-state index contributed by atoms with van der Waals surface area (Å²) in [7, 11) is 0. The molecule has 4 rings (SSSR count). The first-order valence-corrected chi connectivity index (χ1v) is 8.37. The van der Waals surface area contributed by atoms with Gasteiger partial charge in [-0.05, 0) is 62.1 Å². The van der Waals surface area contributed by atoms with Gasteiger partial charge in [0.2, 0.25) is 0 Å². The molecule has 2 heterocycles. The van der Waals surface area contributed by atoms with E-state index in [2.05, 4.69) is 37.9 Å². The number of H-pyrrole nitrogens is 1. The molecule has 0 bridgehead atoms. The Morgan fingerprint density at radius 1 is 1.24 bits per heavy atom. The van der Waals surface area contributed by atoms with Gasteiger partial charge >= 0.3 is 5.76 Å². The van der Waals surface area contributed by atoms with Crippen molar-refractivity contribution in [1.82, 2.24) is 9.88 Å². The van der Waals surface area contributed by atoms with E-state index in [0.29, 0.717) is 23.2 Å². The number of aryl methyl sites for hydroxylation is 1. The first kappa shape index (κ1) is 15.7. The van der Waals surface area contributed by atoms with Crippen molar-refractivity contribution in [2.24, 2.45) is 0 Å². The van der Waals surface area contributed by atoms with Crippen LogP contribution in [0.25, 0.3) is 11.1 Å². The lowest BCUT2D eigenvalue weighted by Gasteiger charge is -2.44. The van der Waals surface area contributed by atoms with Crippen LogP contribution in [-0.4, -0.2) is 21.3 Å². The van der Waals surface area contributed by atoms with E-state index in [1.54, 1.807) is 18.2 Å². The number of aromatic nitrogens is 1. The van der Waals surface area contributed by atoms with Gasteiger partial charge in [-0.2, -0.15) is 0 Å². The van der Waals surface area contributed by atoms with Gasteiger partial charge in [0.1, 0.15) is 0 Å². The van der Waals surface area contributed by atoms with E-state index in [4.69, 9.17) is 4.42 Å². The molecule has 3 aromatic rings. The number of hydrogen-bond donors (Lipinski definition) is 1. The highest BCUT2D eigenvalue weighted by Crippen LogP contribution is 2.33. The predicted molar refractivity (Wildman–Crippen MR) is 95.7 cm³/mol. The summed E-state index contributed by atoms with van der Waals surface area (Å²) < 4.78 is 5.01. The SMILES string of the molecule is Cc1cccc2c1CC(C)(C)N(C(=O)c1ccc3oc(=O)[nH]c3c1)C2. The largest absolute Gasteiger partial charge is 0.417 e. The number of rotatable bonds is 1. The standard InChI is InChI=1S/C20H20N2O3/c1-12-5-4-6-14-11-22(20(2,3)10-15(12)14)18(23)13-7-8-17-16(9-13)21-19(24)25-17/h4-9H,10-11H2,1-3H3,(H,21,24). The van der Waals surface area contributed by atoms with Crippen LogP contribution in [-0.2, 0) is 13.0 Å². The minimum Gasteiger partial charge on any atom is -0.408 e. The molecule has 0 radical (unpaired) electrons. The van der Waals surface area contributed by atoms with Crippen LogP contribution in [0.2, 0.25) is 0 Å². The average molecular weight is 336 g/mol. The lowest BCUT2D eigenvalue weighted by molar-refractivity contribution is 0.0488. The third-order valence-electron chi connectivity index (χ3n) is 5.09. The van der Waals surface area contributed by atoms with E-state index in [1.807, 2.05) is 11.0 Å². The summed E-state index contributed by atoms with van der Waals surface area (Å²) in [4.78, 5) is 29.0. The number of oxazole rings is 1.